The molecule has 2 N–H and O–H groups in total. The van der Waals surface area contributed by atoms with Crippen molar-refractivity contribution >= 4 is 22.8 Å². The van der Waals surface area contributed by atoms with Crippen molar-refractivity contribution in [1.29, 1.82) is 0 Å². The molecule has 2 unspecified atom stereocenters. The minimum atomic E-state index is -1.06. The Labute approximate surface area is 210 Å². The first-order valence-electron chi connectivity index (χ1n) is 12.3. The van der Waals surface area contributed by atoms with E-state index in [1.807, 2.05) is 50.1 Å². The number of benzene rings is 2. The van der Waals surface area contributed by atoms with E-state index in [0.717, 1.165) is 33.5 Å². The number of aromatic hydroxyl groups is 1. The summed E-state index contributed by atoms with van der Waals surface area (Å²) in [5.74, 6) is 0.663. The molecule has 5 rings (SSSR count). The number of aromatic amines is 1. The fourth-order valence-electron chi connectivity index (χ4n) is 5.57. The molecular formula is C28H32N4O4. The van der Waals surface area contributed by atoms with Gasteiger partial charge < -0.3 is 19.7 Å². The number of aromatic nitrogens is 1. The number of hydrogen-bond donors (Lipinski definition) is 2. The monoisotopic (exact) mass is 488 g/mol. The first kappa shape index (κ1) is 23.9. The van der Waals surface area contributed by atoms with Gasteiger partial charge in [-0.3, -0.25) is 14.6 Å². The maximum atomic E-state index is 13.9. The van der Waals surface area contributed by atoms with Crippen LogP contribution in [0.2, 0.25) is 0 Å². The second kappa shape index (κ2) is 9.02. The van der Waals surface area contributed by atoms with Crippen molar-refractivity contribution in [2.75, 3.05) is 33.3 Å². The van der Waals surface area contributed by atoms with Crippen LogP contribution in [0, 0.1) is 0 Å². The highest BCUT2D eigenvalue weighted by Gasteiger charge is 2.60. The number of phenolic OH excluding ortho intramolecular Hbond substituents is 1. The average Bonchev–Trinajstić information content (AvgIpc) is 3.28. The molecule has 36 heavy (non-hydrogen) atoms. The summed E-state index contributed by atoms with van der Waals surface area (Å²) in [6.07, 6.45) is 2.18. The number of fused-ring (bicyclic) bond motifs is 4. The molecule has 2 aliphatic heterocycles. The van der Waals surface area contributed by atoms with E-state index in [-0.39, 0.29) is 17.7 Å². The van der Waals surface area contributed by atoms with Gasteiger partial charge in [-0.25, -0.2) is 4.79 Å². The molecule has 0 aliphatic carbocycles. The minimum Gasteiger partial charge on any atom is -0.508 e. The number of amides is 3. The van der Waals surface area contributed by atoms with E-state index < -0.39 is 11.6 Å². The van der Waals surface area contributed by atoms with Crippen molar-refractivity contribution in [3.63, 3.8) is 0 Å². The van der Waals surface area contributed by atoms with Gasteiger partial charge >= 0.3 is 6.03 Å². The Morgan fingerprint density at radius 1 is 1.28 bits per heavy atom. The van der Waals surface area contributed by atoms with Crippen LogP contribution in [0.3, 0.4) is 0 Å². The number of urea groups is 1. The number of likely N-dealkylation sites (N-methyl/N-ethyl adjacent to an activating group) is 1. The highest BCUT2D eigenvalue weighted by atomic mass is 16.5. The van der Waals surface area contributed by atoms with Gasteiger partial charge in [0.2, 0.25) is 0 Å². The zero-order chi connectivity index (χ0) is 25.6. The molecule has 0 saturated carbocycles. The normalized spacial score (nSPS) is 21.3. The van der Waals surface area contributed by atoms with Crippen LogP contribution < -0.4 is 4.74 Å². The second-order valence-electron chi connectivity index (χ2n) is 9.77. The Kier molecular flexibility index (Phi) is 6.00. The number of nitrogens with zero attached hydrogens (tertiary/aromatic N) is 3. The highest BCUT2D eigenvalue weighted by Crippen LogP contribution is 2.49. The number of carbonyl (C=O) groups is 2. The molecule has 188 valence electrons. The summed E-state index contributed by atoms with van der Waals surface area (Å²) < 4.78 is 5.74. The molecule has 3 heterocycles. The third-order valence-electron chi connectivity index (χ3n) is 7.28. The second-order valence-corrected chi connectivity index (χ2v) is 9.77. The van der Waals surface area contributed by atoms with E-state index in [9.17, 15) is 14.7 Å². The molecule has 2 aliphatic rings. The SMILES string of the molecule is C=CCN(C)CCN1C(=O)N2C(c3cccc(O)c3)c3[nH]c4ccc(OCC)cc4c3CC2(C)C1=O. The molecule has 1 fully saturated rings. The van der Waals surface area contributed by atoms with Gasteiger partial charge in [0, 0.05) is 42.7 Å². The number of carbonyl (C=O) groups excluding carboxylic acids is 2. The molecule has 0 bridgehead atoms. The molecule has 3 aromatic rings. The molecule has 3 amide bonds. The third kappa shape index (κ3) is 3.73. The molecule has 2 atom stereocenters. The quantitative estimate of drug-likeness (QED) is 0.369. The lowest BCUT2D eigenvalue weighted by Crippen LogP contribution is -2.53. The molecule has 1 aromatic heterocycles. The maximum Gasteiger partial charge on any atom is 0.328 e. The van der Waals surface area contributed by atoms with Gasteiger partial charge in [0.15, 0.2) is 0 Å². The van der Waals surface area contributed by atoms with E-state index in [4.69, 9.17) is 4.74 Å². The Bertz CT molecular complexity index is 1350. The van der Waals surface area contributed by atoms with Crippen molar-refractivity contribution in [3.05, 3.63) is 71.9 Å². The summed E-state index contributed by atoms with van der Waals surface area (Å²) in [6, 6.07) is 11.9. The Balaban J connectivity index is 1.64. The topological polar surface area (TPSA) is 89.1 Å². The zero-order valence-electron chi connectivity index (χ0n) is 21.0. The number of nitrogens with one attached hydrogen (secondary N) is 1. The maximum absolute atomic E-state index is 13.9. The van der Waals surface area contributed by atoms with Crippen molar-refractivity contribution in [2.45, 2.75) is 31.8 Å². The molecule has 8 nitrogen and oxygen atoms in total. The van der Waals surface area contributed by atoms with Crippen LogP contribution in [0.15, 0.2) is 55.1 Å². The lowest BCUT2D eigenvalue weighted by molar-refractivity contribution is -0.133. The van der Waals surface area contributed by atoms with Gasteiger partial charge in [-0.2, -0.15) is 0 Å². The standard InChI is InChI=1S/C28H32N4O4/c1-5-12-30(4)13-14-31-26(34)28(3)17-22-21-16-20(36-6-2)10-11-23(21)29-24(22)25(32(28)27(31)35)18-8-7-9-19(33)15-18/h5,7-11,15-16,25,29,33H,1,6,12-14,17H2,2-4H3. The van der Waals surface area contributed by atoms with Crippen LogP contribution in [0.5, 0.6) is 11.5 Å². The largest absolute Gasteiger partial charge is 0.508 e. The minimum absolute atomic E-state index is 0.108. The molecule has 2 aromatic carbocycles. The van der Waals surface area contributed by atoms with E-state index in [2.05, 4.69) is 11.6 Å². The molecular weight excluding hydrogens is 456 g/mol. The highest BCUT2D eigenvalue weighted by molar-refractivity contribution is 6.08. The zero-order valence-corrected chi connectivity index (χ0v) is 21.0. The van der Waals surface area contributed by atoms with E-state index in [0.29, 0.717) is 32.7 Å². The van der Waals surface area contributed by atoms with Gasteiger partial charge in [-0.15, -0.1) is 6.58 Å². The summed E-state index contributed by atoms with van der Waals surface area (Å²) in [5, 5.41) is 11.3. The van der Waals surface area contributed by atoms with E-state index in [1.165, 1.54) is 4.90 Å². The fraction of sp³-hybridized carbons (Fsp3) is 0.357. The number of hydrogen-bond acceptors (Lipinski definition) is 5. The third-order valence-corrected chi connectivity index (χ3v) is 7.28. The predicted octanol–water partition coefficient (Wildman–Crippen LogP) is 4.06. The first-order chi connectivity index (χ1) is 17.3. The number of phenols is 1. The number of imide groups is 1. The van der Waals surface area contributed by atoms with Crippen molar-refractivity contribution in [3.8, 4) is 11.5 Å². The number of rotatable bonds is 8. The van der Waals surface area contributed by atoms with E-state index >= 15 is 0 Å². The van der Waals surface area contributed by atoms with Crippen molar-refractivity contribution < 1.29 is 19.4 Å². The van der Waals surface area contributed by atoms with Crippen LogP contribution in [0.4, 0.5) is 4.79 Å². The van der Waals surface area contributed by atoms with Gasteiger partial charge in [0.1, 0.15) is 23.1 Å². The summed E-state index contributed by atoms with van der Waals surface area (Å²) >= 11 is 0. The fourth-order valence-corrected chi connectivity index (χ4v) is 5.57. The van der Waals surface area contributed by atoms with Crippen LogP contribution in [0.1, 0.15) is 36.7 Å². The number of H-pyrrole nitrogens is 1. The summed E-state index contributed by atoms with van der Waals surface area (Å²) in [4.78, 5) is 36.3. The molecule has 0 spiro atoms. The molecule has 8 heteroatoms. The van der Waals surface area contributed by atoms with Crippen molar-refractivity contribution in [2.24, 2.45) is 0 Å². The summed E-state index contributed by atoms with van der Waals surface area (Å²) in [6.45, 7) is 9.62. The Morgan fingerprint density at radius 3 is 2.81 bits per heavy atom. The van der Waals surface area contributed by atoms with Crippen LogP contribution in [-0.2, 0) is 11.2 Å². The van der Waals surface area contributed by atoms with Crippen LogP contribution in [-0.4, -0.2) is 75.6 Å². The van der Waals surface area contributed by atoms with E-state index in [1.54, 1.807) is 29.2 Å². The lowest BCUT2D eigenvalue weighted by Gasteiger charge is -2.42. The van der Waals surface area contributed by atoms with Gasteiger partial charge in [-0.05, 0) is 62.4 Å². The summed E-state index contributed by atoms with van der Waals surface area (Å²) in [7, 11) is 1.93. The van der Waals surface area contributed by atoms with Gasteiger partial charge in [0.05, 0.1) is 6.61 Å². The molecule has 1 saturated heterocycles. The number of ether oxygens (including phenoxy) is 1. The smallest absolute Gasteiger partial charge is 0.328 e. The Morgan fingerprint density at radius 2 is 2.08 bits per heavy atom. The van der Waals surface area contributed by atoms with Crippen LogP contribution >= 0.6 is 0 Å². The van der Waals surface area contributed by atoms with Gasteiger partial charge in [-0.1, -0.05) is 18.2 Å². The van der Waals surface area contributed by atoms with Crippen molar-refractivity contribution in [1.82, 2.24) is 19.7 Å². The van der Waals surface area contributed by atoms with Crippen LogP contribution in [0.25, 0.3) is 10.9 Å². The predicted molar refractivity (Wildman–Crippen MR) is 138 cm³/mol. The average molecular weight is 489 g/mol. The molecule has 0 radical (unpaired) electrons. The first-order valence-corrected chi connectivity index (χ1v) is 12.3. The van der Waals surface area contributed by atoms with Gasteiger partial charge in [0.25, 0.3) is 5.91 Å². The summed E-state index contributed by atoms with van der Waals surface area (Å²) in [5.41, 5.74) is 2.44. The Hall–Kier alpha value is -3.78. The lowest BCUT2D eigenvalue weighted by atomic mass is 9.81.